The predicted molar refractivity (Wildman–Crippen MR) is 82.4 cm³/mol. The molecule has 1 aliphatic rings. The van der Waals surface area contributed by atoms with Gasteiger partial charge in [-0.25, -0.2) is 0 Å². The van der Waals surface area contributed by atoms with Crippen molar-refractivity contribution in [3.8, 4) is 0 Å². The first kappa shape index (κ1) is 14.5. The molecule has 0 saturated heterocycles. The Morgan fingerprint density at radius 3 is 2.47 bits per heavy atom. The van der Waals surface area contributed by atoms with Crippen LogP contribution in [0.4, 0.5) is 0 Å². The molecular weight excluding hydrogens is 232 g/mol. The van der Waals surface area contributed by atoms with Crippen molar-refractivity contribution >= 4 is 0 Å². The zero-order valence-corrected chi connectivity index (χ0v) is 12.8. The Bertz CT molecular complexity index is 394. The second-order valence-corrected chi connectivity index (χ2v) is 6.47. The van der Waals surface area contributed by atoms with Gasteiger partial charge in [-0.05, 0) is 49.9 Å². The van der Waals surface area contributed by atoms with Crippen LogP contribution in [0.2, 0.25) is 0 Å². The van der Waals surface area contributed by atoms with E-state index in [9.17, 15) is 0 Å². The molecular formula is C17H28N2. The summed E-state index contributed by atoms with van der Waals surface area (Å²) in [5.74, 6) is 1.50. The van der Waals surface area contributed by atoms with E-state index in [1.54, 1.807) is 5.56 Å². The molecule has 1 atom stereocenters. The summed E-state index contributed by atoms with van der Waals surface area (Å²) in [4.78, 5) is 2.27. The third-order valence-corrected chi connectivity index (χ3v) is 3.99. The third kappa shape index (κ3) is 4.32. The molecule has 0 spiro atoms. The molecule has 1 fully saturated rings. The Labute approximate surface area is 118 Å². The van der Waals surface area contributed by atoms with Crippen molar-refractivity contribution < 1.29 is 0 Å². The number of nitrogens with zero attached hydrogens (tertiary/aromatic N) is 1. The van der Waals surface area contributed by atoms with Crippen molar-refractivity contribution in [2.75, 3.05) is 20.6 Å². The lowest BCUT2D eigenvalue weighted by Crippen LogP contribution is -2.41. The Morgan fingerprint density at radius 1 is 1.21 bits per heavy atom. The van der Waals surface area contributed by atoms with Crippen LogP contribution in [0.15, 0.2) is 24.3 Å². The molecule has 106 valence electrons. The van der Waals surface area contributed by atoms with Crippen LogP contribution in [0.3, 0.4) is 0 Å². The van der Waals surface area contributed by atoms with Gasteiger partial charge in [-0.3, -0.25) is 0 Å². The zero-order chi connectivity index (χ0) is 13.8. The maximum Gasteiger partial charge on any atom is 0.0220 e. The van der Waals surface area contributed by atoms with Gasteiger partial charge < -0.3 is 10.2 Å². The molecule has 2 heteroatoms. The lowest BCUT2D eigenvalue weighted by atomic mass is 10.0. The Hall–Kier alpha value is -0.860. The van der Waals surface area contributed by atoms with Gasteiger partial charge in [0.15, 0.2) is 0 Å². The van der Waals surface area contributed by atoms with Crippen molar-refractivity contribution in [2.24, 2.45) is 5.92 Å². The van der Waals surface area contributed by atoms with E-state index < -0.39 is 0 Å². The molecule has 0 heterocycles. The standard InChI is InChI=1S/C17H28N2/c1-13(2)17(12-19(3)4)18-11-15-7-5-6-8-16(15)14-9-10-14/h5-8,13-14,17-18H,9-12H2,1-4H3. The molecule has 0 aliphatic heterocycles. The lowest BCUT2D eigenvalue weighted by molar-refractivity contribution is 0.288. The molecule has 1 aliphatic carbocycles. The highest BCUT2D eigenvalue weighted by Gasteiger charge is 2.25. The fourth-order valence-corrected chi connectivity index (χ4v) is 2.63. The number of nitrogens with one attached hydrogen (secondary N) is 1. The highest BCUT2D eigenvalue weighted by atomic mass is 15.1. The molecule has 1 aromatic carbocycles. The van der Waals surface area contributed by atoms with Crippen LogP contribution in [-0.2, 0) is 6.54 Å². The summed E-state index contributed by atoms with van der Waals surface area (Å²) in [6.07, 6.45) is 2.75. The monoisotopic (exact) mass is 260 g/mol. The van der Waals surface area contributed by atoms with Gasteiger partial charge in [-0.15, -0.1) is 0 Å². The van der Waals surface area contributed by atoms with Crippen LogP contribution in [0.25, 0.3) is 0 Å². The summed E-state index contributed by atoms with van der Waals surface area (Å²) in [5, 5.41) is 3.75. The maximum atomic E-state index is 3.75. The van der Waals surface area contributed by atoms with Gasteiger partial charge in [0.25, 0.3) is 0 Å². The van der Waals surface area contributed by atoms with E-state index in [0.717, 1.165) is 19.0 Å². The number of likely N-dealkylation sites (N-methyl/N-ethyl adjacent to an activating group) is 1. The molecule has 1 aromatic rings. The van der Waals surface area contributed by atoms with Gasteiger partial charge in [0.2, 0.25) is 0 Å². The van der Waals surface area contributed by atoms with Gasteiger partial charge in [0.05, 0.1) is 0 Å². The number of hydrogen-bond acceptors (Lipinski definition) is 2. The lowest BCUT2D eigenvalue weighted by Gasteiger charge is -2.26. The minimum atomic E-state index is 0.558. The summed E-state index contributed by atoms with van der Waals surface area (Å²) in [6, 6.07) is 9.50. The molecule has 19 heavy (non-hydrogen) atoms. The second kappa shape index (κ2) is 6.53. The minimum Gasteiger partial charge on any atom is -0.308 e. The summed E-state index contributed by atoms with van der Waals surface area (Å²) in [5.41, 5.74) is 3.07. The van der Waals surface area contributed by atoms with E-state index in [1.807, 2.05) is 0 Å². The van der Waals surface area contributed by atoms with Crippen molar-refractivity contribution in [3.05, 3.63) is 35.4 Å². The van der Waals surface area contributed by atoms with E-state index in [0.29, 0.717) is 12.0 Å². The van der Waals surface area contributed by atoms with Gasteiger partial charge in [0.1, 0.15) is 0 Å². The van der Waals surface area contributed by atoms with Gasteiger partial charge in [-0.2, -0.15) is 0 Å². The first-order chi connectivity index (χ1) is 9.08. The SMILES string of the molecule is CC(C)C(CN(C)C)NCc1ccccc1C1CC1. The van der Waals surface area contributed by atoms with Crippen LogP contribution in [0, 0.1) is 5.92 Å². The van der Waals surface area contributed by atoms with E-state index >= 15 is 0 Å². The average Bonchev–Trinajstić information content (AvgIpc) is 3.18. The molecule has 0 bridgehead atoms. The van der Waals surface area contributed by atoms with E-state index in [1.165, 1.54) is 18.4 Å². The van der Waals surface area contributed by atoms with Crippen molar-refractivity contribution in [1.82, 2.24) is 10.2 Å². The van der Waals surface area contributed by atoms with Crippen LogP contribution in [-0.4, -0.2) is 31.6 Å². The Balaban J connectivity index is 1.96. The molecule has 0 amide bonds. The van der Waals surface area contributed by atoms with Crippen molar-refractivity contribution in [3.63, 3.8) is 0 Å². The smallest absolute Gasteiger partial charge is 0.0220 e. The predicted octanol–water partition coefficient (Wildman–Crippen LogP) is 3.24. The normalized spacial score (nSPS) is 17.2. The Kier molecular flexibility index (Phi) is 5.00. The first-order valence-corrected chi connectivity index (χ1v) is 7.54. The van der Waals surface area contributed by atoms with Gasteiger partial charge in [-0.1, -0.05) is 38.1 Å². The topological polar surface area (TPSA) is 15.3 Å². The zero-order valence-electron chi connectivity index (χ0n) is 12.8. The summed E-state index contributed by atoms with van der Waals surface area (Å²) < 4.78 is 0. The van der Waals surface area contributed by atoms with Gasteiger partial charge >= 0.3 is 0 Å². The summed E-state index contributed by atoms with van der Waals surface area (Å²) in [7, 11) is 4.30. The Morgan fingerprint density at radius 2 is 1.89 bits per heavy atom. The average molecular weight is 260 g/mol. The largest absolute Gasteiger partial charge is 0.308 e. The van der Waals surface area contributed by atoms with Gasteiger partial charge in [0, 0.05) is 19.1 Å². The fourth-order valence-electron chi connectivity index (χ4n) is 2.63. The number of benzene rings is 1. The fraction of sp³-hybridized carbons (Fsp3) is 0.647. The minimum absolute atomic E-state index is 0.558. The van der Waals surface area contributed by atoms with Crippen molar-refractivity contribution in [2.45, 2.75) is 45.2 Å². The number of hydrogen-bond donors (Lipinski definition) is 1. The van der Waals surface area contributed by atoms with Crippen LogP contribution >= 0.6 is 0 Å². The second-order valence-electron chi connectivity index (χ2n) is 6.47. The first-order valence-electron chi connectivity index (χ1n) is 7.54. The van der Waals surface area contributed by atoms with E-state index in [4.69, 9.17) is 0 Å². The third-order valence-electron chi connectivity index (χ3n) is 3.99. The highest BCUT2D eigenvalue weighted by Crippen LogP contribution is 2.41. The molecule has 2 rings (SSSR count). The molecule has 1 saturated carbocycles. The molecule has 0 radical (unpaired) electrons. The van der Waals surface area contributed by atoms with Crippen LogP contribution in [0.5, 0.6) is 0 Å². The molecule has 0 aromatic heterocycles. The molecule has 2 nitrogen and oxygen atoms in total. The van der Waals surface area contributed by atoms with E-state index in [-0.39, 0.29) is 0 Å². The highest BCUT2D eigenvalue weighted by molar-refractivity contribution is 5.33. The maximum absolute atomic E-state index is 3.75. The quantitative estimate of drug-likeness (QED) is 0.809. The van der Waals surface area contributed by atoms with E-state index in [2.05, 4.69) is 62.4 Å². The summed E-state index contributed by atoms with van der Waals surface area (Å²) >= 11 is 0. The number of rotatable bonds is 7. The molecule has 1 N–H and O–H groups in total. The summed E-state index contributed by atoms with van der Waals surface area (Å²) in [6.45, 7) is 6.70. The van der Waals surface area contributed by atoms with Crippen molar-refractivity contribution in [1.29, 1.82) is 0 Å². The molecule has 1 unspecified atom stereocenters. The van der Waals surface area contributed by atoms with Crippen LogP contribution in [0.1, 0.15) is 43.7 Å². The van der Waals surface area contributed by atoms with Crippen LogP contribution < -0.4 is 5.32 Å².